The minimum atomic E-state index is -1.23. The number of esters is 1. The number of hydrogen-bond acceptors (Lipinski definition) is 8. The molecule has 7 atom stereocenters. The van der Waals surface area contributed by atoms with E-state index in [4.69, 9.17) is 9.47 Å². The molecule has 0 aliphatic carbocycles. The van der Waals surface area contributed by atoms with Crippen molar-refractivity contribution < 1.29 is 29.3 Å². The maximum atomic E-state index is 13.2. The normalized spacial score (nSPS) is 37.5. The van der Waals surface area contributed by atoms with Gasteiger partial charge in [-0.3, -0.25) is 9.59 Å². The third kappa shape index (κ3) is 6.59. The minimum Gasteiger partial charge on any atom is -0.458 e. The number of aromatic nitrogens is 1. The number of thiazole rings is 1. The standard InChI is InChI=1S/C27H41NO6S/c1-15-9-8-10-27(7)22(34-27)12-19(11-16(2)20-14-35-18(4)28-20)33-23(30)13-21(29)26(5,6)25(32)17(3)24(15)31/h11,14-15,17,19,21-22,24,29,31H,8-10,12-13H2,1-7H3. The van der Waals surface area contributed by atoms with Crippen molar-refractivity contribution in [2.45, 2.75) is 111 Å². The Morgan fingerprint density at radius 2 is 1.91 bits per heavy atom. The molecule has 2 aliphatic heterocycles. The number of aliphatic hydroxyl groups is 2. The topological polar surface area (TPSA) is 109 Å². The lowest BCUT2D eigenvalue weighted by molar-refractivity contribution is -0.154. The summed E-state index contributed by atoms with van der Waals surface area (Å²) in [7, 11) is 0. The molecular weight excluding hydrogens is 466 g/mol. The van der Waals surface area contributed by atoms with E-state index in [1.54, 1.807) is 32.1 Å². The Labute approximate surface area is 212 Å². The highest BCUT2D eigenvalue weighted by Gasteiger charge is 2.52. The zero-order valence-electron chi connectivity index (χ0n) is 22.0. The Balaban J connectivity index is 1.85. The maximum absolute atomic E-state index is 13.2. The number of hydrogen-bond donors (Lipinski definition) is 2. The van der Waals surface area contributed by atoms with Gasteiger partial charge < -0.3 is 19.7 Å². The van der Waals surface area contributed by atoms with Crippen LogP contribution < -0.4 is 0 Å². The highest BCUT2D eigenvalue weighted by Crippen LogP contribution is 2.44. The van der Waals surface area contributed by atoms with Gasteiger partial charge in [-0.2, -0.15) is 0 Å². The highest BCUT2D eigenvalue weighted by molar-refractivity contribution is 7.09. The van der Waals surface area contributed by atoms with E-state index in [1.807, 2.05) is 32.2 Å². The number of ketones is 1. The van der Waals surface area contributed by atoms with Gasteiger partial charge in [-0.15, -0.1) is 11.3 Å². The van der Waals surface area contributed by atoms with Crippen LogP contribution in [0.5, 0.6) is 0 Å². The number of aliphatic hydroxyl groups excluding tert-OH is 2. The fourth-order valence-electron chi connectivity index (χ4n) is 5.05. The molecule has 3 rings (SSSR count). The Bertz CT molecular complexity index is 955. The van der Waals surface area contributed by atoms with E-state index in [0.29, 0.717) is 6.42 Å². The molecule has 1 aromatic rings. The van der Waals surface area contributed by atoms with E-state index >= 15 is 0 Å². The van der Waals surface area contributed by atoms with Gasteiger partial charge in [0.25, 0.3) is 0 Å². The van der Waals surface area contributed by atoms with Gasteiger partial charge in [-0.25, -0.2) is 4.98 Å². The van der Waals surface area contributed by atoms with E-state index in [2.05, 4.69) is 11.9 Å². The number of Topliss-reactive ketones (excluding diaryl/α,β-unsaturated/α-hetero) is 1. The largest absolute Gasteiger partial charge is 0.458 e. The summed E-state index contributed by atoms with van der Waals surface area (Å²) in [6, 6.07) is 0. The highest BCUT2D eigenvalue weighted by atomic mass is 32.1. The molecule has 8 heteroatoms. The van der Waals surface area contributed by atoms with Crippen LogP contribution in [0.4, 0.5) is 0 Å². The Morgan fingerprint density at radius 1 is 1.23 bits per heavy atom. The summed E-state index contributed by atoms with van der Waals surface area (Å²) in [4.78, 5) is 30.6. The van der Waals surface area contributed by atoms with Gasteiger partial charge >= 0.3 is 5.97 Å². The molecule has 3 heterocycles. The van der Waals surface area contributed by atoms with E-state index in [1.165, 1.54) is 0 Å². The fraction of sp³-hybridized carbons (Fsp3) is 0.741. The smallest absolute Gasteiger partial charge is 0.309 e. The van der Waals surface area contributed by atoms with Crippen molar-refractivity contribution in [3.8, 4) is 0 Å². The molecule has 35 heavy (non-hydrogen) atoms. The number of rotatable bonds is 2. The van der Waals surface area contributed by atoms with Crippen LogP contribution in [0.2, 0.25) is 0 Å². The monoisotopic (exact) mass is 507 g/mol. The molecular formula is C27H41NO6S. The van der Waals surface area contributed by atoms with Crippen LogP contribution in [0.15, 0.2) is 11.5 Å². The third-order valence-electron chi connectivity index (χ3n) is 7.89. The van der Waals surface area contributed by atoms with Gasteiger partial charge in [0.15, 0.2) is 0 Å². The lowest BCUT2D eigenvalue weighted by atomic mass is 9.73. The number of fused-ring (bicyclic) bond motifs is 1. The average molecular weight is 508 g/mol. The first-order valence-electron chi connectivity index (χ1n) is 12.6. The first-order chi connectivity index (χ1) is 16.2. The fourth-order valence-corrected chi connectivity index (χ4v) is 5.72. The number of carbonyl (C=O) groups excluding carboxylic acids is 2. The van der Waals surface area contributed by atoms with E-state index in [0.717, 1.165) is 35.5 Å². The second-order valence-corrected chi connectivity index (χ2v) is 12.3. The van der Waals surface area contributed by atoms with Gasteiger partial charge in [0.1, 0.15) is 11.9 Å². The Hall–Kier alpha value is -1.61. The van der Waals surface area contributed by atoms with Crippen LogP contribution in [0.25, 0.3) is 5.57 Å². The Kier molecular flexibility index (Phi) is 8.62. The zero-order valence-corrected chi connectivity index (χ0v) is 22.9. The number of carbonyl (C=O) groups is 2. The number of aryl methyl sites for hydroxylation is 1. The van der Waals surface area contributed by atoms with Crippen LogP contribution in [-0.2, 0) is 19.1 Å². The number of epoxide rings is 1. The minimum absolute atomic E-state index is 0.0449. The summed E-state index contributed by atoms with van der Waals surface area (Å²) >= 11 is 1.56. The van der Waals surface area contributed by atoms with Gasteiger partial charge in [0.2, 0.25) is 0 Å². The van der Waals surface area contributed by atoms with Crippen molar-refractivity contribution in [1.29, 1.82) is 0 Å². The van der Waals surface area contributed by atoms with Gasteiger partial charge in [0.05, 0.1) is 46.5 Å². The van der Waals surface area contributed by atoms with Crippen molar-refractivity contribution in [2.24, 2.45) is 17.3 Å². The van der Waals surface area contributed by atoms with Crippen molar-refractivity contribution in [2.75, 3.05) is 0 Å². The third-order valence-corrected chi connectivity index (χ3v) is 8.67. The van der Waals surface area contributed by atoms with Crippen molar-refractivity contribution in [3.63, 3.8) is 0 Å². The van der Waals surface area contributed by atoms with Gasteiger partial charge in [0, 0.05) is 17.7 Å². The Morgan fingerprint density at radius 3 is 2.54 bits per heavy atom. The van der Waals surface area contributed by atoms with Crippen LogP contribution in [0.3, 0.4) is 0 Å². The van der Waals surface area contributed by atoms with E-state index < -0.39 is 35.6 Å². The van der Waals surface area contributed by atoms with Crippen molar-refractivity contribution >= 4 is 28.7 Å². The molecule has 0 radical (unpaired) electrons. The summed E-state index contributed by atoms with van der Waals surface area (Å²) in [5.74, 6) is -1.55. The van der Waals surface area contributed by atoms with Crippen molar-refractivity contribution in [1.82, 2.24) is 4.98 Å². The van der Waals surface area contributed by atoms with Crippen molar-refractivity contribution in [3.05, 3.63) is 22.2 Å². The molecule has 0 saturated carbocycles. The molecule has 0 aromatic carbocycles. The van der Waals surface area contributed by atoms with Crippen LogP contribution in [0, 0.1) is 24.2 Å². The second-order valence-electron chi connectivity index (χ2n) is 11.2. The SMILES string of the molecule is CC(=CC1CC2OC2(C)CCCC(C)C(O)C(C)C(=O)C(C)(C)C(O)CC(=O)O1)c1csc(C)n1. The van der Waals surface area contributed by atoms with E-state index in [-0.39, 0.29) is 29.8 Å². The lowest BCUT2D eigenvalue weighted by Gasteiger charge is -2.34. The predicted octanol–water partition coefficient (Wildman–Crippen LogP) is 4.48. The summed E-state index contributed by atoms with van der Waals surface area (Å²) in [5, 5.41) is 24.6. The van der Waals surface area contributed by atoms with Crippen LogP contribution in [-0.4, -0.2) is 57.0 Å². The molecule has 2 N–H and O–H groups in total. The van der Waals surface area contributed by atoms with Gasteiger partial charge in [-0.1, -0.05) is 34.1 Å². The first kappa shape index (κ1) is 28.0. The summed E-state index contributed by atoms with van der Waals surface area (Å²) in [6.45, 7) is 12.9. The summed E-state index contributed by atoms with van der Waals surface area (Å²) in [5.41, 5.74) is 0.266. The summed E-state index contributed by atoms with van der Waals surface area (Å²) in [6.07, 6.45) is 1.95. The molecule has 1 aromatic heterocycles. The molecule has 2 fully saturated rings. The molecule has 7 unspecified atom stereocenters. The summed E-state index contributed by atoms with van der Waals surface area (Å²) < 4.78 is 11.9. The number of allylic oxidation sites excluding steroid dienone is 1. The van der Waals surface area contributed by atoms with E-state index in [9.17, 15) is 19.8 Å². The molecule has 0 spiro atoms. The first-order valence-corrected chi connectivity index (χ1v) is 13.5. The van der Waals surface area contributed by atoms with Crippen LogP contribution >= 0.6 is 11.3 Å². The quantitative estimate of drug-likeness (QED) is 0.449. The number of nitrogens with zero attached hydrogens (tertiary/aromatic N) is 1. The molecule has 2 saturated heterocycles. The molecule has 196 valence electrons. The zero-order chi connectivity index (χ0) is 26.1. The molecule has 0 amide bonds. The number of cyclic esters (lactones) is 1. The molecule has 7 nitrogen and oxygen atoms in total. The van der Waals surface area contributed by atoms with Crippen LogP contribution in [0.1, 0.15) is 84.3 Å². The molecule has 2 aliphatic rings. The molecule has 0 bridgehead atoms. The maximum Gasteiger partial charge on any atom is 0.309 e. The van der Waals surface area contributed by atoms with Gasteiger partial charge in [-0.05, 0) is 51.2 Å². The number of ether oxygens (including phenoxy) is 2. The lowest BCUT2D eigenvalue weighted by Crippen LogP contribution is -2.45. The average Bonchev–Trinajstić information content (AvgIpc) is 3.18. The predicted molar refractivity (Wildman–Crippen MR) is 136 cm³/mol. The second kappa shape index (κ2) is 10.8.